The second kappa shape index (κ2) is 3.16. The Bertz CT molecular complexity index is 657. The molecule has 0 aromatic carbocycles. The number of hydrogen-bond acceptors (Lipinski definition) is 4. The standard InChI is InChI=1S/C11H10N4O/c1-2-15-5-7-3-4-8(16)14-10-9(7)11(15)13-6-12-10/h3-6H,2H2,1H3,(H,12,13,14,16). The molecule has 0 saturated carbocycles. The summed E-state index contributed by atoms with van der Waals surface area (Å²) in [6, 6.07) is 3.26. The normalized spacial score (nSPS) is 12.8. The molecule has 1 aliphatic heterocycles. The van der Waals surface area contributed by atoms with E-state index in [0.29, 0.717) is 5.82 Å². The summed E-state index contributed by atoms with van der Waals surface area (Å²) in [4.78, 5) is 19.6. The van der Waals surface area contributed by atoms with E-state index < -0.39 is 0 Å². The fraction of sp³-hybridized carbons (Fsp3) is 0.182. The SMILES string of the molecule is CCn1cc2ccc(=O)nc3c2c1N=CN3. The van der Waals surface area contributed by atoms with Gasteiger partial charge >= 0.3 is 0 Å². The average molecular weight is 214 g/mol. The zero-order valence-corrected chi connectivity index (χ0v) is 8.77. The molecule has 0 atom stereocenters. The Hall–Kier alpha value is -2.17. The third-order valence-electron chi connectivity index (χ3n) is 2.67. The minimum atomic E-state index is -0.247. The summed E-state index contributed by atoms with van der Waals surface area (Å²) in [7, 11) is 0. The molecular formula is C11H10N4O. The van der Waals surface area contributed by atoms with E-state index in [1.807, 2.05) is 10.8 Å². The Balaban J connectivity index is 2.52. The van der Waals surface area contributed by atoms with Crippen LogP contribution in [-0.2, 0) is 6.54 Å². The number of hydrogen-bond donors (Lipinski definition) is 1. The van der Waals surface area contributed by atoms with Crippen molar-refractivity contribution >= 4 is 28.7 Å². The van der Waals surface area contributed by atoms with Crippen LogP contribution in [0.4, 0.5) is 11.6 Å². The largest absolute Gasteiger partial charge is 0.332 e. The zero-order valence-electron chi connectivity index (χ0n) is 8.77. The molecule has 0 unspecified atom stereocenters. The highest BCUT2D eigenvalue weighted by molar-refractivity contribution is 6.06. The highest BCUT2D eigenvalue weighted by Gasteiger charge is 2.14. The van der Waals surface area contributed by atoms with E-state index >= 15 is 0 Å². The first-order chi connectivity index (χ1) is 7.79. The maximum Gasteiger partial charge on any atom is 0.271 e. The van der Waals surface area contributed by atoms with E-state index in [0.717, 1.165) is 23.1 Å². The number of aromatic nitrogens is 2. The quantitative estimate of drug-likeness (QED) is 0.782. The molecule has 0 amide bonds. The molecule has 0 saturated heterocycles. The lowest BCUT2D eigenvalue weighted by Gasteiger charge is -2.07. The Morgan fingerprint density at radius 3 is 3.12 bits per heavy atom. The first-order valence-corrected chi connectivity index (χ1v) is 5.13. The van der Waals surface area contributed by atoms with Crippen molar-refractivity contribution in [3.05, 3.63) is 28.7 Å². The molecular weight excluding hydrogens is 204 g/mol. The summed E-state index contributed by atoms with van der Waals surface area (Å²) < 4.78 is 2.04. The van der Waals surface area contributed by atoms with Crippen LogP contribution in [0.1, 0.15) is 6.92 Å². The second-order valence-corrected chi connectivity index (χ2v) is 3.60. The fourth-order valence-electron chi connectivity index (χ4n) is 1.94. The summed E-state index contributed by atoms with van der Waals surface area (Å²) in [6.45, 7) is 2.90. The minimum Gasteiger partial charge on any atom is -0.332 e. The number of nitrogens with zero attached hydrogens (tertiary/aromatic N) is 3. The van der Waals surface area contributed by atoms with Gasteiger partial charge < -0.3 is 9.88 Å². The number of anilines is 1. The molecule has 5 nitrogen and oxygen atoms in total. The third-order valence-corrected chi connectivity index (χ3v) is 2.67. The lowest BCUT2D eigenvalue weighted by molar-refractivity contribution is 0.775. The maximum absolute atomic E-state index is 11.3. The molecule has 2 aromatic rings. The molecule has 80 valence electrons. The van der Waals surface area contributed by atoms with Crippen LogP contribution in [0.2, 0.25) is 0 Å². The van der Waals surface area contributed by atoms with Gasteiger partial charge in [0.1, 0.15) is 11.6 Å². The van der Waals surface area contributed by atoms with Crippen molar-refractivity contribution in [3.8, 4) is 0 Å². The van der Waals surface area contributed by atoms with Gasteiger partial charge in [-0.1, -0.05) is 0 Å². The molecule has 0 bridgehead atoms. The van der Waals surface area contributed by atoms with Gasteiger partial charge in [-0.25, -0.2) is 4.99 Å². The summed E-state index contributed by atoms with van der Waals surface area (Å²) in [5, 5.41) is 4.80. The van der Waals surface area contributed by atoms with Crippen molar-refractivity contribution in [2.24, 2.45) is 4.99 Å². The summed E-state index contributed by atoms with van der Waals surface area (Å²) in [5.74, 6) is 1.44. The van der Waals surface area contributed by atoms with Gasteiger partial charge in [0, 0.05) is 24.2 Å². The van der Waals surface area contributed by atoms with Gasteiger partial charge in [-0.15, -0.1) is 0 Å². The smallest absolute Gasteiger partial charge is 0.271 e. The molecule has 16 heavy (non-hydrogen) atoms. The van der Waals surface area contributed by atoms with E-state index in [1.54, 1.807) is 12.4 Å². The van der Waals surface area contributed by atoms with Gasteiger partial charge in [0.05, 0.1) is 11.7 Å². The molecule has 2 aromatic heterocycles. The van der Waals surface area contributed by atoms with Crippen molar-refractivity contribution < 1.29 is 0 Å². The van der Waals surface area contributed by atoms with Gasteiger partial charge in [-0.3, -0.25) is 4.79 Å². The van der Waals surface area contributed by atoms with Crippen molar-refractivity contribution in [2.75, 3.05) is 5.32 Å². The van der Waals surface area contributed by atoms with Crippen LogP contribution < -0.4 is 10.9 Å². The van der Waals surface area contributed by atoms with Crippen LogP contribution in [0, 0.1) is 0 Å². The monoisotopic (exact) mass is 214 g/mol. The van der Waals surface area contributed by atoms with Crippen molar-refractivity contribution in [2.45, 2.75) is 13.5 Å². The van der Waals surface area contributed by atoms with E-state index in [1.165, 1.54) is 6.07 Å². The number of aliphatic imine (C=N–C) groups is 1. The van der Waals surface area contributed by atoms with Gasteiger partial charge in [-0.05, 0) is 13.0 Å². The molecule has 5 heteroatoms. The lowest BCUT2D eigenvalue weighted by atomic mass is 10.3. The van der Waals surface area contributed by atoms with Crippen molar-refractivity contribution in [3.63, 3.8) is 0 Å². The molecule has 1 N–H and O–H groups in total. The topological polar surface area (TPSA) is 59.3 Å². The van der Waals surface area contributed by atoms with Crippen LogP contribution in [0.25, 0.3) is 10.8 Å². The Labute approximate surface area is 91.5 Å². The summed E-state index contributed by atoms with van der Waals surface area (Å²) in [5.41, 5.74) is -0.247. The number of aryl methyl sites for hydroxylation is 1. The minimum absolute atomic E-state index is 0.247. The van der Waals surface area contributed by atoms with Crippen LogP contribution >= 0.6 is 0 Å². The molecule has 0 aliphatic carbocycles. The molecule has 0 spiro atoms. The predicted molar refractivity (Wildman–Crippen MR) is 63.5 cm³/mol. The van der Waals surface area contributed by atoms with E-state index in [4.69, 9.17) is 0 Å². The van der Waals surface area contributed by atoms with Crippen LogP contribution in [0.3, 0.4) is 0 Å². The number of rotatable bonds is 1. The highest BCUT2D eigenvalue weighted by atomic mass is 16.1. The number of nitrogens with one attached hydrogen (secondary N) is 1. The predicted octanol–water partition coefficient (Wildman–Crippen LogP) is 1.50. The van der Waals surface area contributed by atoms with Gasteiger partial charge in [0.25, 0.3) is 5.56 Å². The average Bonchev–Trinajstić information content (AvgIpc) is 2.57. The van der Waals surface area contributed by atoms with Crippen LogP contribution in [0.5, 0.6) is 0 Å². The zero-order chi connectivity index (χ0) is 11.1. The Kier molecular flexibility index (Phi) is 1.80. The molecule has 1 aliphatic rings. The molecule has 0 radical (unpaired) electrons. The van der Waals surface area contributed by atoms with E-state index in [-0.39, 0.29) is 5.56 Å². The molecule has 3 rings (SSSR count). The van der Waals surface area contributed by atoms with Crippen LogP contribution in [0.15, 0.2) is 28.1 Å². The lowest BCUT2D eigenvalue weighted by Crippen LogP contribution is -2.07. The van der Waals surface area contributed by atoms with Crippen molar-refractivity contribution in [1.82, 2.24) is 9.55 Å². The third kappa shape index (κ3) is 1.14. The fourth-order valence-corrected chi connectivity index (χ4v) is 1.94. The van der Waals surface area contributed by atoms with Gasteiger partial charge in [0.15, 0.2) is 0 Å². The van der Waals surface area contributed by atoms with Gasteiger partial charge in [0.2, 0.25) is 0 Å². The van der Waals surface area contributed by atoms with Crippen LogP contribution in [-0.4, -0.2) is 15.9 Å². The second-order valence-electron chi connectivity index (χ2n) is 3.60. The first kappa shape index (κ1) is 9.08. The maximum atomic E-state index is 11.3. The Morgan fingerprint density at radius 2 is 2.31 bits per heavy atom. The molecule has 3 heterocycles. The molecule has 0 fully saturated rings. The highest BCUT2D eigenvalue weighted by Crippen LogP contribution is 2.33. The van der Waals surface area contributed by atoms with Gasteiger partial charge in [-0.2, -0.15) is 4.98 Å². The summed E-state index contributed by atoms with van der Waals surface area (Å²) in [6.07, 6.45) is 3.55. The van der Waals surface area contributed by atoms with Crippen molar-refractivity contribution in [1.29, 1.82) is 0 Å². The summed E-state index contributed by atoms with van der Waals surface area (Å²) >= 11 is 0. The van der Waals surface area contributed by atoms with E-state index in [9.17, 15) is 4.79 Å². The van der Waals surface area contributed by atoms with E-state index in [2.05, 4.69) is 22.2 Å². The first-order valence-electron chi connectivity index (χ1n) is 5.13. The Morgan fingerprint density at radius 1 is 1.44 bits per heavy atom.